The van der Waals surface area contributed by atoms with E-state index >= 15 is 0 Å². The predicted octanol–water partition coefficient (Wildman–Crippen LogP) is 2.97. The molecule has 1 amide bonds. The number of benzene rings is 2. The van der Waals surface area contributed by atoms with E-state index in [2.05, 4.69) is 5.32 Å². The Hall–Kier alpha value is -2.54. The van der Waals surface area contributed by atoms with Crippen molar-refractivity contribution in [2.45, 2.75) is 41.9 Å². The molecule has 0 spiro atoms. The van der Waals surface area contributed by atoms with Gasteiger partial charge in [-0.15, -0.1) is 0 Å². The molecule has 2 aliphatic rings. The van der Waals surface area contributed by atoms with Gasteiger partial charge in [-0.1, -0.05) is 25.0 Å². The van der Waals surface area contributed by atoms with Gasteiger partial charge in [-0.05, 0) is 49.2 Å². The number of para-hydroxylation sites is 2. The number of nitrogens with one attached hydrogen (secondary N) is 1. The van der Waals surface area contributed by atoms with Gasteiger partial charge >= 0.3 is 0 Å². The summed E-state index contributed by atoms with van der Waals surface area (Å²) in [6, 6.07) is 13.6. The molecule has 148 valence electrons. The van der Waals surface area contributed by atoms with Crippen molar-refractivity contribution in [3.8, 4) is 11.5 Å². The molecule has 0 saturated heterocycles. The monoisotopic (exact) mass is 401 g/mol. The topological polar surface area (TPSA) is 81.7 Å². The Morgan fingerprint density at radius 3 is 2.39 bits per heavy atom. The van der Waals surface area contributed by atoms with Crippen LogP contribution in [-0.2, 0) is 9.84 Å². The Morgan fingerprint density at radius 1 is 1.00 bits per heavy atom. The highest BCUT2D eigenvalue weighted by Crippen LogP contribution is 2.31. The number of rotatable bonds is 5. The van der Waals surface area contributed by atoms with Crippen LogP contribution in [0.4, 0.5) is 0 Å². The van der Waals surface area contributed by atoms with Crippen LogP contribution in [0.15, 0.2) is 53.4 Å². The molecule has 4 rings (SSSR count). The average molecular weight is 401 g/mol. The maximum atomic E-state index is 12.6. The SMILES string of the molecule is O=C(NCC1COc2ccccc2O1)c1ccc(S(=O)(=O)C2CCCC2)cc1. The fourth-order valence-corrected chi connectivity index (χ4v) is 5.51. The van der Waals surface area contributed by atoms with Gasteiger partial charge in [0.05, 0.1) is 16.7 Å². The lowest BCUT2D eigenvalue weighted by atomic mass is 10.2. The van der Waals surface area contributed by atoms with E-state index in [1.54, 1.807) is 12.1 Å². The molecule has 1 saturated carbocycles. The van der Waals surface area contributed by atoms with Crippen LogP contribution >= 0.6 is 0 Å². The van der Waals surface area contributed by atoms with Crippen LogP contribution < -0.4 is 14.8 Å². The molecular weight excluding hydrogens is 378 g/mol. The summed E-state index contributed by atoms with van der Waals surface area (Å²) in [4.78, 5) is 12.7. The molecule has 7 heteroatoms. The van der Waals surface area contributed by atoms with Crippen molar-refractivity contribution in [2.24, 2.45) is 0 Å². The van der Waals surface area contributed by atoms with Gasteiger partial charge in [0.25, 0.3) is 5.91 Å². The standard InChI is InChI=1S/C21H23NO5S/c23-21(22-13-16-14-26-19-7-3-4-8-20(19)27-16)15-9-11-18(12-10-15)28(24,25)17-5-1-2-6-17/h3-4,7-12,16-17H,1-2,5-6,13-14H2,(H,22,23). The summed E-state index contributed by atoms with van der Waals surface area (Å²) in [6.07, 6.45) is 3.08. The second kappa shape index (κ2) is 7.83. The van der Waals surface area contributed by atoms with E-state index in [-0.39, 0.29) is 22.2 Å². The maximum absolute atomic E-state index is 12.6. The van der Waals surface area contributed by atoms with Crippen molar-refractivity contribution >= 4 is 15.7 Å². The summed E-state index contributed by atoms with van der Waals surface area (Å²) in [5, 5.41) is 2.53. The number of sulfone groups is 1. The molecule has 2 aromatic carbocycles. The molecule has 6 nitrogen and oxygen atoms in total. The van der Waals surface area contributed by atoms with E-state index in [9.17, 15) is 13.2 Å². The van der Waals surface area contributed by atoms with E-state index in [1.165, 1.54) is 12.1 Å². The Labute approximate surface area is 164 Å². The Balaban J connectivity index is 1.35. The maximum Gasteiger partial charge on any atom is 0.251 e. The fraction of sp³-hybridized carbons (Fsp3) is 0.381. The average Bonchev–Trinajstić information content (AvgIpc) is 3.28. The van der Waals surface area contributed by atoms with Crippen LogP contribution in [0.2, 0.25) is 0 Å². The number of amides is 1. The zero-order valence-electron chi connectivity index (χ0n) is 15.5. The van der Waals surface area contributed by atoms with Gasteiger partial charge in [0.15, 0.2) is 21.3 Å². The van der Waals surface area contributed by atoms with Crippen LogP contribution in [0.1, 0.15) is 36.0 Å². The van der Waals surface area contributed by atoms with E-state index in [1.807, 2.05) is 24.3 Å². The molecule has 1 N–H and O–H groups in total. The summed E-state index contributed by atoms with van der Waals surface area (Å²) >= 11 is 0. The second-order valence-electron chi connectivity index (χ2n) is 7.18. The molecule has 28 heavy (non-hydrogen) atoms. The van der Waals surface area contributed by atoms with Crippen LogP contribution in [0.5, 0.6) is 11.5 Å². The van der Waals surface area contributed by atoms with Gasteiger partial charge in [0.2, 0.25) is 0 Å². The lowest BCUT2D eigenvalue weighted by Gasteiger charge is -2.26. The first-order valence-electron chi connectivity index (χ1n) is 9.55. The Morgan fingerprint density at radius 2 is 1.68 bits per heavy atom. The van der Waals surface area contributed by atoms with Crippen LogP contribution in [0, 0.1) is 0 Å². The van der Waals surface area contributed by atoms with Crippen molar-refractivity contribution in [1.29, 1.82) is 0 Å². The first-order chi connectivity index (χ1) is 13.5. The lowest BCUT2D eigenvalue weighted by molar-refractivity contribution is 0.0789. The van der Waals surface area contributed by atoms with E-state index in [4.69, 9.17) is 9.47 Å². The van der Waals surface area contributed by atoms with Crippen molar-refractivity contribution in [1.82, 2.24) is 5.32 Å². The molecule has 1 aliphatic heterocycles. The molecule has 1 fully saturated rings. The van der Waals surface area contributed by atoms with Gasteiger partial charge < -0.3 is 14.8 Å². The minimum atomic E-state index is -3.31. The van der Waals surface area contributed by atoms with Gasteiger partial charge in [-0.25, -0.2) is 8.42 Å². The minimum absolute atomic E-state index is 0.271. The molecule has 0 radical (unpaired) electrons. The lowest BCUT2D eigenvalue weighted by Crippen LogP contribution is -2.40. The molecule has 1 heterocycles. The number of carbonyl (C=O) groups excluding carboxylic acids is 1. The number of ether oxygens (including phenoxy) is 2. The van der Waals surface area contributed by atoms with E-state index in [0.717, 1.165) is 25.7 Å². The smallest absolute Gasteiger partial charge is 0.251 e. The van der Waals surface area contributed by atoms with Crippen LogP contribution in [-0.4, -0.2) is 38.8 Å². The van der Waals surface area contributed by atoms with Crippen molar-refractivity contribution in [2.75, 3.05) is 13.2 Å². The quantitative estimate of drug-likeness (QED) is 0.833. The highest BCUT2D eigenvalue weighted by molar-refractivity contribution is 7.92. The van der Waals surface area contributed by atoms with Gasteiger partial charge in [-0.2, -0.15) is 0 Å². The third kappa shape index (κ3) is 3.85. The summed E-state index contributed by atoms with van der Waals surface area (Å²) in [5.74, 6) is 1.09. The van der Waals surface area contributed by atoms with E-state index < -0.39 is 9.84 Å². The predicted molar refractivity (Wildman–Crippen MR) is 105 cm³/mol. The zero-order valence-corrected chi connectivity index (χ0v) is 16.3. The number of carbonyl (C=O) groups is 1. The van der Waals surface area contributed by atoms with Crippen molar-refractivity contribution in [3.63, 3.8) is 0 Å². The molecule has 1 aliphatic carbocycles. The Bertz CT molecular complexity index is 949. The van der Waals surface area contributed by atoms with Crippen LogP contribution in [0.25, 0.3) is 0 Å². The largest absolute Gasteiger partial charge is 0.486 e. The molecular formula is C21H23NO5S. The fourth-order valence-electron chi connectivity index (χ4n) is 3.66. The highest BCUT2D eigenvalue weighted by atomic mass is 32.2. The summed E-state index contributed by atoms with van der Waals surface area (Å²) in [5.41, 5.74) is 0.419. The summed E-state index contributed by atoms with van der Waals surface area (Å²) in [7, 11) is -3.31. The minimum Gasteiger partial charge on any atom is -0.486 e. The van der Waals surface area contributed by atoms with Crippen molar-refractivity contribution < 1.29 is 22.7 Å². The number of hydrogen-bond acceptors (Lipinski definition) is 5. The molecule has 1 unspecified atom stereocenters. The zero-order chi connectivity index (χ0) is 19.6. The Kier molecular flexibility index (Phi) is 5.26. The molecule has 1 atom stereocenters. The third-order valence-electron chi connectivity index (χ3n) is 5.24. The second-order valence-corrected chi connectivity index (χ2v) is 9.41. The van der Waals surface area contributed by atoms with Gasteiger partial charge in [0, 0.05) is 5.56 Å². The molecule has 0 bridgehead atoms. The highest BCUT2D eigenvalue weighted by Gasteiger charge is 2.30. The van der Waals surface area contributed by atoms with E-state index in [0.29, 0.717) is 30.2 Å². The first-order valence-corrected chi connectivity index (χ1v) is 11.1. The van der Waals surface area contributed by atoms with Crippen molar-refractivity contribution in [3.05, 3.63) is 54.1 Å². The van der Waals surface area contributed by atoms with Gasteiger partial charge in [0.1, 0.15) is 12.7 Å². The van der Waals surface area contributed by atoms with Gasteiger partial charge in [-0.3, -0.25) is 4.79 Å². The number of hydrogen-bond donors (Lipinski definition) is 1. The first kappa shape index (κ1) is 18.8. The normalized spacial score (nSPS) is 19.4. The summed E-state index contributed by atoms with van der Waals surface area (Å²) < 4.78 is 36.7. The summed E-state index contributed by atoms with van der Waals surface area (Å²) in [6.45, 7) is 0.658. The molecule has 2 aromatic rings. The van der Waals surface area contributed by atoms with Crippen LogP contribution in [0.3, 0.4) is 0 Å². The molecule has 0 aromatic heterocycles. The number of fused-ring (bicyclic) bond motifs is 1. The third-order valence-corrected chi connectivity index (χ3v) is 7.52.